The lowest BCUT2D eigenvalue weighted by atomic mass is 10.1. The number of rotatable bonds is 4. The van der Waals surface area contributed by atoms with Gasteiger partial charge >= 0.3 is 0 Å². The van der Waals surface area contributed by atoms with Gasteiger partial charge in [-0.3, -0.25) is 0 Å². The first kappa shape index (κ1) is 10.8. The zero-order valence-corrected chi connectivity index (χ0v) is 8.93. The van der Waals surface area contributed by atoms with E-state index in [1.165, 1.54) is 11.1 Å². The van der Waals surface area contributed by atoms with Crippen LogP contribution in [0.1, 0.15) is 25.0 Å². The van der Waals surface area contributed by atoms with E-state index in [1.54, 1.807) is 0 Å². The van der Waals surface area contributed by atoms with Crippen molar-refractivity contribution in [3.8, 4) is 11.8 Å². The van der Waals surface area contributed by atoms with Gasteiger partial charge in [-0.1, -0.05) is 37.1 Å². The highest BCUT2D eigenvalue weighted by Gasteiger charge is 1.97. The summed E-state index contributed by atoms with van der Waals surface area (Å²) in [5.74, 6) is 5.86. The first-order chi connectivity index (χ1) is 6.88. The van der Waals surface area contributed by atoms with Gasteiger partial charge in [0.2, 0.25) is 0 Å². The number of aryl methyl sites for hydroxylation is 1. The Balaban J connectivity index is 2.51. The van der Waals surface area contributed by atoms with Crippen LogP contribution in [0.5, 0.6) is 0 Å². The summed E-state index contributed by atoms with van der Waals surface area (Å²) in [5.41, 5.74) is 2.80. The van der Waals surface area contributed by atoms with Crippen molar-refractivity contribution < 1.29 is 0 Å². The molecule has 0 aliphatic rings. The maximum Gasteiger partial charge on any atom is 0.0579 e. The number of benzene rings is 1. The molecule has 1 heteroatoms. The third kappa shape index (κ3) is 3.24. The van der Waals surface area contributed by atoms with Gasteiger partial charge in [0.05, 0.1) is 6.54 Å². The van der Waals surface area contributed by atoms with E-state index in [4.69, 9.17) is 0 Å². The van der Waals surface area contributed by atoms with Crippen molar-refractivity contribution in [2.75, 3.05) is 6.54 Å². The Bertz CT molecular complexity index is 331. The fourth-order valence-corrected chi connectivity index (χ4v) is 1.42. The second-order valence-corrected chi connectivity index (χ2v) is 3.15. The third-order valence-electron chi connectivity index (χ3n) is 2.20. The first-order valence-corrected chi connectivity index (χ1v) is 5.05. The largest absolute Gasteiger partial charge is 0.302 e. The standard InChI is InChI=1S/C13H17N/c1-3-5-10-14-11-13-9-7-6-8-12(13)4-2/h6-9,14H,4,10-11H2,1-2H3. The molecule has 0 aliphatic carbocycles. The maximum absolute atomic E-state index is 3.30. The fraction of sp³-hybridized carbons (Fsp3) is 0.385. The molecule has 0 spiro atoms. The second kappa shape index (κ2) is 6.23. The molecule has 14 heavy (non-hydrogen) atoms. The molecule has 0 saturated heterocycles. The molecule has 0 fully saturated rings. The van der Waals surface area contributed by atoms with E-state index in [2.05, 4.69) is 48.3 Å². The first-order valence-electron chi connectivity index (χ1n) is 5.05. The Hall–Kier alpha value is -1.26. The fourth-order valence-electron chi connectivity index (χ4n) is 1.42. The Morgan fingerprint density at radius 1 is 1.21 bits per heavy atom. The monoisotopic (exact) mass is 187 g/mol. The number of hydrogen-bond acceptors (Lipinski definition) is 1. The molecule has 0 aliphatic heterocycles. The van der Waals surface area contributed by atoms with Crippen molar-refractivity contribution in [2.24, 2.45) is 0 Å². The molecule has 0 unspecified atom stereocenters. The van der Waals surface area contributed by atoms with Gasteiger partial charge in [-0.15, -0.1) is 5.92 Å². The van der Waals surface area contributed by atoms with Crippen molar-refractivity contribution >= 4 is 0 Å². The van der Waals surface area contributed by atoms with Crippen molar-refractivity contribution in [2.45, 2.75) is 26.8 Å². The van der Waals surface area contributed by atoms with E-state index >= 15 is 0 Å². The molecule has 0 heterocycles. The molecule has 0 amide bonds. The summed E-state index contributed by atoms with van der Waals surface area (Å²) in [6.45, 7) is 5.74. The van der Waals surface area contributed by atoms with E-state index in [1.807, 2.05) is 6.92 Å². The predicted molar refractivity (Wildman–Crippen MR) is 61.0 cm³/mol. The van der Waals surface area contributed by atoms with Gasteiger partial charge < -0.3 is 5.32 Å². The van der Waals surface area contributed by atoms with Crippen molar-refractivity contribution in [3.05, 3.63) is 35.4 Å². The van der Waals surface area contributed by atoms with Crippen LogP contribution in [0.3, 0.4) is 0 Å². The summed E-state index contributed by atoms with van der Waals surface area (Å²) in [5, 5.41) is 3.30. The molecule has 0 bridgehead atoms. The molecular formula is C13H17N. The van der Waals surface area contributed by atoms with E-state index < -0.39 is 0 Å². The highest BCUT2D eigenvalue weighted by molar-refractivity contribution is 5.26. The van der Waals surface area contributed by atoms with Crippen LogP contribution in [0.15, 0.2) is 24.3 Å². The molecule has 1 aromatic rings. The number of nitrogens with one attached hydrogen (secondary N) is 1. The summed E-state index contributed by atoms with van der Waals surface area (Å²) >= 11 is 0. The third-order valence-corrected chi connectivity index (χ3v) is 2.20. The molecule has 0 aromatic heterocycles. The van der Waals surface area contributed by atoms with Gasteiger partial charge in [0.15, 0.2) is 0 Å². The Labute approximate surface area is 86.5 Å². The van der Waals surface area contributed by atoms with E-state index in [0.717, 1.165) is 19.5 Å². The summed E-state index contributed by atoms with van der Waals surface area (Å²) < 4.78 is 0. The summed E-state index contributed by atoms with van der Waals surface area (Å²) in [6, 6.07) is 8.53. The predicted octanol–water partition coefficient (Wildman–Crippen LogP) is 2.36. The van der Waals surface area contributed by atoms with Gasteiger partial charge in [-0.05, 0) is 24.5 Å². The van der Waals surface area contributed by atoms with Crippen molar-refractivity contribution in [1.29, 1.82) is 0 Å². The van der Waals surface area contributed by atoms with Gasteiger partial charge in [0.25, 0.3) is 0 Å². The van der Waals surface area contributed by atoms with E-state index in [0.29, 0.717) is 0 Å². The zero-order chi connectivity index (χ0) is 10.2. The lowest BCUT2D eigenvalue weighted by molar-refractivity contribution is 0.761. The lowest BCUT2D eigenvalue weighted by Crippen LogP contribution is -2.14. The lowest BCUT2D eigenvalue weighted by Gasteiger charge is -2.06. The van der Waals surface area contributed by atoms with Crippen LogP contribution in [0.2, 0.25) is 0 Å². The highest BCUT2D eigenvalue weighted by atomic mass is 14.8. The minimum absolute atomic E-state index is 0.772. The van der Waals surface area contributed by atoms with Crippen LogP contribution < -0.4 is 5.32 Å². The van der Waals surface area contributed by atoms with Crippen LogP contribution in [0.25, 0.3) is 0 Å². The van der Waals surface area contributed by atoms with Crippen LogP contribution in [0, 0.1) is 11.8 Å². The van der Waals surface area contributed by atoms with Gasteiger partial charge in [0.1, 0.15) is 0 Å². The molecule has 1 aromatic carbocycles. The zero-order valence-electron chi connectivity index (χ0n) is 8.93. The Morgan fingerprint density at radius 3 is 2.57 bits per heavy atom. The minimum atomic E-state index is 0.772. The summed E-state index contributed by atoms with van der Waals surface area (Å²) in [4.78, 5) is 0. The quantitative estimate of drug-likeness (QED) is 0.563. The molecule has 0 atom stereocenters. The van der Waals surface area contributed by atoms with Gasteiger partial charge in [-0.25, -0.2) is 0 Å². The molecular weight excluding hydrogens is 170 g/mol. The molecule has 74 valence electrons. The van der Waals surface area contributed by atoms with Crippen LogP contribution in [-0.2, 0) is 13.0 Å². The average molecular weight is 187 g/mol. The average Bonchev–Trinajstić information content (AvgIpc) is 2.25. The van der Waals surface area contributed by atoms with Gasteiger partial charge in [0, 0.05) is 6.54 Å². The van der Waals surface area contributed by atoms with Gasteiger partial charge in [-0.2, -0.15) is 0 Å². The summed E-state index contributed by atoms with van der Waals surface area (Å²) in [7, 11) is 0. The second-order valence-electron chi connectivity index (χ2n) is 3.15. The summed E-state index contributed by atoms with van der Waals surface area (Å²) in [6.07, 6.45) is 1.09. The van der Waals surface area contributed by atoms with Crippen LogP contribution in [0.4, 0.5) is 0 Å². The maximum atomic E-state index is 3.30. The van der Waals surface area contributed by atoms with Crippen LogP contribution >= 0.6 is 0 Å². The SMILES string of the molecule is CC#CCNCc1ccccc1CC. The smallest absolute Gasteiger partial charge is 0.0579 e. The van der Waals surface area contributed by atoms with Crippen LogP contribution in [-0.4, -0.2) is 6.54 Å². The minimum Gasteiger partial charge on any atom is -0.302 e. The molecule has 1 rings (SSSR count). The van der Waals surface area contributed by atoms with Crippen molar-refractivity contribution in [3.63, 3.8) is 0 Å². The van der Waals surface area contributed by atoms with E-state index in [-0.39, 0.29) is 0 Å². The van der Waals surface area contributed by atoms with E-state index in [9.17, 15) is 0 Å². The Kier molecular flexibility index (Phi) is 4.82. The Morgan fingerprint density at radius 2 is 1.93 bits per heavy atom. The molecule has 1 nitrogen and oxygen atoms in total. The molecule has 0 saturated carbocycles. The molecule has 0 radical (unpaired) electrons. The van der Waals surface area contributed by atoms with Crippen molar-refractivity contribution in [1.82, 2.24) is 5.32 Å². The number of hydrogen-bond donors (Lipinski definition) is 1. The highest BCUT2D eigenvalue weighted by Crippen LogP contribution is 2.08. The normalized spacial score (nSPS) is 9.29. The topological polar surface area (TPSA) is 12.0 Å². The molecule has 1 N–H and O–H groups in total.